The van der Waals surface area contributed by atoms with Gasteiger partial charge in [-0.2, -0.15) is 5.26 Å². The molecular formula is C25H28N4O6S. The van der Waals surface area contributed by atoms with E-state index < -0.39 is 37.2 Å². The van der Waals surface area contributed by atoms with E-state index in [1.807, 2.05) is 6.07 Å². The molecule has 2 N–H and O–H groups in total. The summed E-state index contributed by atoms with van der Waals surface area (Å²) in [5, 5.41) is 20.0. The molecule has 1 aliphatic carbocycles. The number of sulfone groups is 1. The van der Waals surface area contributed by atoms with Crippen LogP contribution in [0.3, 0.4) is 0 Å². The van der Waals surface area contributed by atoms with Crippen LogP contribution in [0, 0.1) is 11.3 Å². The Kier molecular flexibility index (Phi) is 7.02. The van der Waals surface area contributed by atoms with Gasteiger partial charge in [-0.3, -0.25) is 14.4 Å². The number of carbonyl (C=O) groups is 2. The highest BCUT2D eigenvalue weighted by atomic mass is 32.2. The zero-order chi connectivity index (χ0) is 26.1. The predicted octanol–water partition coefficient (Wildman–Crippen LogP) is 0.824. The highest BCUT2D eigenvalue weighted by Gasteiger charge is 2.57. The van der Waals surface area contributed by atoms with Crippen molar-refractivity contribution in [1.82, 2.24) is 14.8 Å². The Morgan fingerprint density at radius 3 is 2.47 bits per heavy atom. The maximum Gasteiger partial charge on any atom is 0.270 e. The van der Waals surface area contributed by atoms with Crippen LogP contribution in [0.15, 0.2) is 41.2 Å². The summed E-state index contributed by atoms with van der Waals surface area (Å²) in [5.74, 6) is -1.02. The lowest BCUT2D eigenvalue weighted by atomic mass is 10.1. The fourth-order valence-electron chi connectivity index (χ4n) is 4.55. The highest BCUT2D eigenvalue weighted by Crippen LogP contribution is 2.47. The van der Waals surface area contributed by atoms with Crippen LogP contribution in [-0.2, 0) is 22.9 Å². The Labute approximate surface area is 209 Å². The van der Waals surface area contributed by atoms with Crippen molar-refractivity contribution in [3.63, 3.8) is 0 Å². The molecule has 1 saturated carbocycles. The summed E-state index contributed by atoms with van der Waals surface area (Å²) >= 11 is 0. The van der Waals surface area contributed by atoms with Crippen molar-refractivity contribution in [1.29, 1.82) is 5.26 Å². The van der Waals surface area contributed by atoms with Crippen molar-refractivity contribution in [2.24, 2.45) is 0 Å². The molecule has 1 unspecified atom stereocenters. The molecule has 2 heterocycles. The maximum atomic E-state index is 13.1. The molecule has 1 atom stereocenters. The summed E-state index contributed by atoms with van der Waals surface area (Å²) in [6.45, 7) is 1.88. The number of aromatic nitrogens is 1. The molecule has 0 spiro atoms. The van der Waals surface area contributed by atoms with Crippen molar-refractivity contribution < 1.29 is 23.1 Å². The number of hydrogen-bond donors (Lipinski definition) is 2. The van der Waals surface area contributed by atoms with Crippen molar-refractivity contribution in [2.75, 3.05) is 19.7 Å². The second kappa shape index (κ2) is 9.87. The van der Waals surface area contributed by atoms with Crippen LogP contribution in [0.25, 0.3) is 0 Å². The van der Waals surface area contributed by atoms with Gasteiger partial charge in [0.05, 0.1) is 21.6 Å². The molecule has 0 bridgehead atoms. The number of nitrogens with zero attached hydrogens (tertiary/aromatic N) is 3. The number of carbonyl (C=O) groups excluding carboxylic acids is 2. The lowest BCUT2D eigenvalue weighted by Gasteiger charge is -2.33. The van der Waals surface area contributed by atoms with Crippen molar-refractivity contribution in [3.05, 3.63) is 69.1 Å². The number of rotatable bonds is 9. The van der Waals surface area contributed by atoms with Crippen LogP contribution in [0.4, 0.5) is 0 Å². The number of nitriles is 1. The average molecular weight is 513 g/mol. The summed E-state index contributed by atoms with van der Waals surface area (Å²) in [7, 11) is -3.54. The number of hydrogen-bond acceptors (Lipinski definition) is 7. The Morgan fingerprint density at radius 2 is 1.86 bits per heavy atom. The van der Waals surface area contributed by atoms with E-state index >= 15 is 0 Å². The summed E-state index contributed by atoms with van der Waals surface area (Å²) < 4.78 is 26.3. The summed E-state index contributed by atoms with van der Waals surface area (Å²) in [5.41, 5.74) is 0.715. The first kappa shape index (κ1) is 25.6. The molecule has 1 aliphatic heterocycles. The molecule has 2 aromatic rings. The zero-order valence-electron chi connectivity index (χ0n) is 19.9. The largest absolute Gasteiger partial charge is 0.396 e. The first-order valence-electron chi connectivity index (χ1n) is 11.8. The summed E-state index contributed by atoms with van der Waals surface area (Å²) in [6.07, 6.45) is 1.06. The predicted molar refractivity (Wildman–Crippen MR) is 131 cm³/mol. The minimum Gasteiger partial charge on any atom is -0.396 e. The fraction of sp³-hybridized carbons (Fsp3) is 0.440. The molecule has 11 heteroatoms. The number of amides is 2. The van der Waals surface area contributed by atoms with Crippen molar-refractivity contribution in [2.45, 2.75) is 49.3 Å². The molecule has 0 saturated heterocycles. The minimum absolute atomic E-state index is 0.0466. The first-order valence-corrected chi connectivity index (χ1v) is 13.3. The minimum atomic E-state index is -3.54. The Bertz CT molecular complexity index is 1390. The van der Waals surface area contributed by atoms with Gasteiger partial charge >= 0.3 is 0 Å². The smallest absolute Gasteiger partial charge is 0.270 e. The maximum absolute atomic E-state index is 13.1. The third-order valence-electron chi connectivity index (χ3n) is 7.01. The molecule has 10 nitrogen and oxygen atoms in total. The molecule has 1 fully saturated rings. The molecule has 4 rings (SSSR count). The zero-order valence-corrected chi connectivity index (χ0v) is 20.8. The molecule has 1 aromatic heterocycles. The molecule has 2 aliphatic rings. The topological polar surface area (TPSA) is 150 Å². The number of aliphatic hydroxyl groups is 1. The van der Waals surface area contributed by atoms with Gasteiger partial charge in [0.1, 0.15) is 11.3 Å². The van der Waals surface area contributed by atoms with E-state index in [1.54, 1.807) is 31.2 Å². The number of aliphatic hydroxyl groups excluding tert-OH is 1. The molecular weight excluding hydrogens is 484 g/mol. The van der Waals surface area contributed by atoms with Gasteiger partial charge in [0.25, 0.3) is 17.4 Å². The lowest BCUT2D eigenvalue weighted by Crippen LogP contribution is -2.50. The monoisotopic (exact) mass is 512 g/mol. The van der Waals surface area contributed by atoms with E-state index in [1.165, 1.54) is 21.6 Å². The summed E-state index contributed by atoms with van der Waals surface area (Å²) in [6, 6.07) is 11.5. The van der Waals surface area contributed by atoms with Crippen molar-refractivity contribution in [3.8, 4) is 6.07 Å². The van der Waals surface area contributed by atoms with Crippen molar-refractivity contribution >= 4 is 21.7 Å². The second-order valence-electron chi connectivity index (χ2n) is 9.36. The van der Waals surface area contributed by atoms with Gasteiger partial charge in [-0.25, -0.2) is 8.42 Å². The fourth-order valence-corrected chi connectivity index (χ4v) is 6.83. The van der Waals surface area contributed by atoms with E-state index in [2.05, 4.69) is 5.32 Å². The van der Waals surface area contributed by atoms with Crippen LogP contribution in [0.5, 0.6) is 0 Å². The number of nitrogens with one attached hydrogen (secondary N) is 1. The average Bonchev–Trinajstić information content (AvgIpc) is 3.66. The van der Waals surface area contributed by atoms with Gasteiger partial charge < -0.3 is 19.9 Å². The standard InChI is InChI=1S/C25H28N4O6S/c1-17(8-13-30)36(34,35)25(9-10-25)16-28-11-12-29-21(24(28)33)7-6-20(23(29)32)22(31)27-15-19-4-2-18(14-26)3-5-19/h2-7,17,30H,8-13,15-16H2,1H3,(H,27,31). The van der Waals surface area contributed by atoms with Gasteiger partial charge in [0, 0.05) is 32.8 Å². The quantitative estimate of drug-likeness (QED) is 0.505. The third-order valence-corrected chi connectivity index (χ3v) is 10.0. The van der Waals surface area contributed by atoms with Gasteiger partial charge in [-0.05, 0) is 56.0 Å². The molecule has 2 amide bonds. The molecule has 1 aromatic carbocycles. The molecule has 36 heavy (non-hydrogen) atoms. The normalized spacial score (nSPS) is 17.1. The SMILES string of the molecule is CC(CCO)S(=O)(=O)C1(CN2CCn3c(ccc(C(=O)NCc4ccc(C#N)cc4)c3=O)C2=O)CC1. The van der Waals surface area contributed by atoms with E-state index in [4.69, 9.17) is 10.4 Å². The van der Waals surface area contributed by atoms with E-state index in [0.29, 0.717) is 18.4 Å². The van der Waals surface area contributed by atoms with Crippen LogP contribution < -0.4 is 10.9 Å². The van der Waals surface area contributed by atoms with Crippen LogP contribution >= 0.6 is 0 Å². The third kappa shape index (κ3) is 4.66. The number of pyridine rings is 1. The summed E-state index contributed by atoms with van der Waals surface area (Å²) in [4.78, 5) is 40.3. The van der Waals surface area contributed by atoms with Gasteiger partial charge in [-0.1, -0.05) is 12.1 Å². The van der Waals surface area contributed by atoms with Crippen LogP contribution in [0.1, 0.15) is 58.2 Å². The lowest BCUT2D eigenvalue weighted by molar-refractivity contribution is 0.0694. The highest BCUT2D eigenvalue weighted by molar-refractivity contribution is 7.93. The van der Waals surface area contributed by atoms with Crippen LogP contribution in [-0.4, -0.2) is 64.5 Å². The molecule has 0 radical (unpaired) electrons. The Morgan fingerprint density at radius 1 is 1.17 bits per heavy atom. The van der Waals surface area contributed by atoms with E-state index in [0.717, 1.165) is 5.56 Å². The van der Waals surface area contributed by atoms with Crippen LogP contribution in [0.2, 0.25) is 0 Å². The number of fused-ring (bicyclic) bond motifs is 1. The van der Waals surface area contributed by atoms with Gasteiger partial charge in [0.2, 0.25) is 0 Å². The van der Waals surface area contributed by atoms with E-state index in [9.17, 15) is 22.8 Å². The van der Waals surface area contributed by atoms with E-state index in [-0.39, 0.29) is 50.5 Å². The van der Waals surface area contributed by atoms with Gasteiger partial charge in [-0.15, -0.1) is 0 Å². The first-order chi connectivity index (χ1) is 17.1. The Balaban J connectivity index is 1.47. The molecule has 190 valence electrons. The number of benzene rings is 1. The second-order valence-corrected chi connectivity index (χ2v) is 12.1. The Hall–Kier alpha value is -3.49. The van der Waals surface area contributed by atoms with Gasteiger partial charge in [0.15, 0.2) is 9.84 Å².